The summed E-state index contributed by atoms with van der Waals surface area (Å²) in [6.07, 6.45) is 0.939. The average molecular weight is 360 g/mol. The van der Waals surface area contributed by atoms with Crippen LogP contribution in [0.1, 0.15) is 50.3 Å². The van der Waals surface area contributed by atoms with Gasteiger partial charge in [0.25, 0.3) is 0 Å². The van der Waals surface area contributed by atoms with Crippen molar-refractivity contribution < 1.29 is 13.5 Å². The predicted molar refractivity (Wildman–Crippen MR) is 96.8 cm³/mol. The summed E-state index contributed by atoms with van der Waals surface area (Å²) in [5, 5.41) is 9.81. The van der Waals surface area contributed by atoms with Gasteiger partial charge in [-0.15, -0.1) is 11.3 Å². The number of hydrogen-bond acceptors (Lipinski definition) is 5. The monoisotopic (exact) mass is 359 g/mol. The standard InChI is InChI=1S/C17H29NO3S2/c1-13(19)11-18(14-7-9-23(20,21)10-8-14)12-15-5-6-16(22-15)17(2,3)4/h5-6,13-14,19H,7-12H2,1-4H3. The maximum Gasteiger partial charge on any atom is 0.150 e. The lowest BCUT2D eigenvalue weighted by atomic mass is 9.95. The van der Waals surface area contributed by atoms with Crippen LogP contribution >= 0.6 is 11.3 Å². The van der Waals surface area contributed by atoms with Crippen LogP contribution in [0.25, 0.3) is 0 Å². The molecule has 1 saturated heterocycles. The van der Waals surface area contributed by atoms with E-state index in [4.69, 9.17) is 0 Å². The molecule has 132 valence electrons. The smallest absolute Gasteiger partial charge is 0.150 e. The molecule has 2 heterocycles. The minimum atomic E-state index is -2.85. The lowest BCUT2D eigenvalue weighted by Gasteiger charge is -2.34. The van der Waals surface area contributed by atoms with Crippen LogP contribution in [0.4, 0.5) is 0 Å². The summed E-state index contributed by atoms with van der Waals surface area (Å²) in [7, 11) is -2.85. The molecule has 23 heavy (non-hydrogen) atoms. The van der Waals surface area contributed by atoms with Gasteiger partial charge >= 0.3 is 0 Å². The van der Waals surface area contributed by atoms with Gasteiger partial charge in [-0.05, 0) is 37.3 Å². The molecule has 0 aliphatic carbocycles. The van der Waals surface area contributed by atoms with Crippen molar-refractivity contribution in [2.24, 2.45) is 0 Å². The molecule has 0 saturated carbocycles. The Kier molecular flexibility index (Phi) is 5.93. The maximum atomic E-state index is 11.6. The van der Waals surface area contributed by atoms with E-state index in [2.05, 4.69) is 37.8 Å². The van der Waals surface area contributed by atoms with Crippen molar-refractivity contribution in [3.05, 3.63) is 21.9 Å². The van der Waals surface area contributed by atoms with Crippen molar-refractivity contribution in [3.8, 4) is 0 Å². The second kappa shape index (κ2) is 7.21. The molecule has 4 nitrogen and oxygen atoms in total. The SMILES string of the molecule is CC(O)CN(Cc1ccc(C(C)(C)C)s1)C1CCS(=O)(=O)CC1. The van der Waals surface area contributed by atoms with Gasteiger partial charge in [0.2, 0.25) is 0 Å². The quantitative estimate of drug-likeness (QED) is 0.878. The zero-order valence-corrected chi connectivity index (χ0v) is 16.2. The molecule has 6 heteroatoms. The average Bonchev–Trinajstić information content (AvgIpc) is 2.86. The predicted octanol–water partition coefficient (Wildman–Crippen LogP) is 2.81. The Hall–Kier alpha value is -0.430. The van der Waals surface area contributed by atoms with Crippen LogP contribution in [0.3, 0.4) is 0 Å². The zero-order chi connectivity index (χ0) is 17.3. The summed E-state index contributed by atoms with van der Waals surface area (Å²) >= 11 is 1.82. The molecule has 0 aromatic carbocycles. The molecule has 1 aliphatic heterocycles. The van der Waals surface area contributed by atoms with Crippen LogP contribution in [0.15, 0.2) is 12.1 Å². The van der Waals surface area contributed by atoms with E-state index >= 15 is 0 Å². The van der Waals surface area contributed by atoms with Gasteiger partial charge in [0.05, 0.1) is 17.6 Å². The molecule has 1 fully saturated rings. The molecule has 0 amide bonds. The van der Waals surface area contributed by atoms with Crippen molar-refractivity contribution in [1.82, 2.24) is 4.90 Å². The molecule has 1 aromatic rings. The highest BCUT2D eigenvalue weighted by Gasteiger charge is 2.29. The minimum Gasteiger partial charge on any atom is -0.392 e. The topological polar surface area (TPSA) is 57.6 Å². The third kappa shape index (κ3) is 5.55. The normalized spacial score (nSPS) is 20.8. The number of thiophene rings is 1. The Labute approximate surface area is 144 Å². The van der Waals surface area contributed by atoms with Gasteiger partial charge in [-0.3, -0.25) is 4.90 Å². The zero-order valence-electron chi connectivity index (χ0n) is 14.6. The fraction of sp³-hybridized carbons (Fsp3) is 0.765. The number of aliphatic hydroxyl groups is 1. The van der Waals surface area contributed by atoms with E-state index in [9.17, 15) is 13.5 Å². The van der Waals surface area contributed by atoms with Gasteiger partial charge in [0.15, 0.2) is 0 Å². The van der Waals surface area contributed by atoms with Crippen LogP contribution in [0.2, 0.25) is 0 Å². The molecule has 1 unspecified atom stereocenters. The summed E-state index contributed by atoms with van der Waals surface area (Å²) in [4.78, 5) is 4.90. The molecule has 1 N–H and O–H groups in total. The van der Waals surface area contributed by atoms with E-state index in [-0.39, 0.29) is 23.0 Å². The third-order valence-electron chi connectivity index (χ3n) is 4.30. The van der Waals surface area contributed by atoms with Gasteiger partial charge in [0.1, 0.15) is 9.84 Å². The van der Waals surface area contributed by atoms with Crippen LogP contribution in [-0.2, 0) is 21.8 Å². The van der Waals surface area contributed by atoms with Crippen molar-refractivity contribution in [2.75, 3.05) is 18.1 Å². The van der Waals surface area contributed by atoms with Gasteiger partial charge in [0, 0.05) is 28.9 Å². The molecular formula is C17H29NO3S2. The summed E-state index contributed by atoms with van der Waals surface area (Å²) in [5.41, 5.74) is 0.150. The first-order valence-corrected chi connectivity index (χ1v) is 10.9. The van der Waals surface area contributed by atoms with Crippen LogP contribution in [-0.4, -0.2) is 48.6 Å². The molecule has 0 radical (unpaired) electrons. The first kappa shape index (κ1) is 18.9. The van der Waals surface area contributed by atoms with Crippen molar-refractivity contribution in [3.63, 3.8) is 0 Å². The second-order valence-corrected chi connectivity index (χ2v) is 11.1. The van der Waals surface area contributed by atoms with Gasteiger partial charge in [-0.25, -0.2) is 8.42 Å². The highest BCUT2D eigenvalue weighted by atomic mass is 32.2. The van der Waals surface area contributed by atoms with Crippen molar-refractivity contribution >= 4 is 21.2 Å². The largest absolute Gasteiger partial charge is 0.392 e. The van der Waals surface area contributed by atoms with Crippen LogP contribution < -0.4 is 0 Å². The molecule has 0 spiro atoms. The molecule has 1 aromatic heterocycles. The number of aliphatic hydroxyl groups excluding tert-OH is 1. The van der Waals surface area contributed by atoms with E-state index in [0.29, 0.717) is 19.4 Å². The Bertz CT molecular complexity index is 600. The molecule has 0 bridgehead atoms. The lowest BCUT2D eigenvalue weighted by molar-refractivity contribution is 0.0887. The summed E-state index contributed by atoms with van der Waals surface area (Å²) in [6, 6.07) is 4.60. The fourth-order valence-corrected chi connectivity index (χ4v) is 5.55. The molecule has 1 aliphatic rings. The number of nitrogens with zero attached hydrogens (tertiary/aromatic N) is 1. The summed E-state index contributed by atoms with van der Waals surface area (Å²) in [6.45, 7) is 9.80. The Morgan fingerprint density at radius 2 is 1.91 bits per heavy atom. The van der Waals surface area contributed by atoms with Crippen LogP contribution in [0.5, 0.6) is 0 Å². The second-order valence-electron chi connectivity index (χ2n) is 7.68. The first-order valence-electron chi connectivity index (χ1n) is 8.28. The molecule has 2 rings (SSSR count). The highest BCUT2D eigenvalue weighted by Crippen LogP contribution is 2.31. The van der Waals surface area contributed by atoms with E-state index in [1.165, 1.54) is 9.75 Å². The number of hydrogen-bond donors (Lipinski definition) is 1. The van der Waals surface area contributed by atoms with Crippen molar-refractivity contribution in [2.45, 2.75) is 64.6 Å². The first-order chi connectivity index (χ1) is 10.6. The van der Waals surface area contributed by atoms with E-state index < -0.39 is 15.9 Å². The third-order valence-corrected chi connectivity index (χ3v) is 7.51. The Morgan fingerprint density at radius 1 is 1.30 bits per heavy atom. The van der Waals surface area contributed by atoms with Gasteiger partial charge in [-0.2, -0.15) is 0 Å². The highest BCUT2D eigenvalue weighted by molar-refractivity contribution is 7.91. The van der Waals surface area contributed by atoms with E-state index in [1.807, 2.05) is 11.3 Å². The minimum absolute atomic E-state index is 0.150. The maximum absolute atomic E-state index is 11.6. The van der Waals surface area contributed by atoms with E-state index in [0.717, 1.165) is 6.54 Å². The van der Waals surface area contributed by atoms with Gasteiger partial charge < -0.3 is 5.11 Å². The van der Waals surface area contributed by atoms with Gasteiger partial charge in [-0.1, -0.05) is 20.8 Å². The van der Waals surface area contributed by atoms with E-state index in [1.54, 1.807) is 6.92 Å². The molecular weight excluding hydrogens is 330 g/mol. The fourth-order valence-electron chi connectivity index (χ4n) is 2.99. The van der Waals surface area contributed by atoms with Crippen LogP contribution in [0, 0.1) is 0 Å². The Balaban J connectivity index is 2.08. The molecule has 1 atom stereocenters. The summed E-state index contributed by atoms with van der Waals surface area (Å²) in [5.74, 6) is 0.539. The number of rotatable bonds is 5. The lowest BCUT2D eigenvalue weighted by Crippen LogP contribution is -2.43. The summed E-state index contributed by atoms with van der Waals surface area (Å²) < 4.78 is 23.3. The number of sulfone groups is 1. The van der Waals surface area contributed by atoms with Crippen molar-refractivity contribution in [1.29, 1.82) is 0 Å². The Morgan fingerprint density at radius 3 is 2.39 bits per heavy atom.